The molecule has 1 unspecified atom stereocenters. The Balaban J connectivity index is 1.74. The first-order valence-electron chi connectivity index (χ1n) is 11.4. The highest BCUT2D eigenvalue weighted by atomic mass is 32.2. The number of non-ortho nitro benzene ring substituents is 1. The van der Waals surface area contributed by atoms with E-state index in [-0.39, 0.29) is 22.6 Å². The van der Waals surface area contributed by atoms with Crippen LogP contribution in [0.15, 0.2) is 48.5 Å². The third kappa shape index (κ3) is 6.08. The van der Waals surface area contributed by atoms with Gasteiger partial charge in [-0.15, -0.1) is 0 Å². The van der Waals surface area contributed by atoms with Crippen LogP contribution < -0.4 is 15.4 Å². The molecule has 3 rings (SSSR count). The minimum Gasteiger partial charge on any atom is -0.496 e. The minimum atomic E-state index is -0.740. The fourth-order valence-electron chi connectivity index (χ4n) is 4.56. The van der Waals surface area contributed by atoms with Crippen LogP contribution in [0.5, 0.6) is 5.75 Å². The van der Waals surface area contributed by atoms with Crippen LogP contribution in [0.3, 0.4) is 0 Å². The summed E-state index contributed by atoms with van der Waals surface area (Å²) < 4.78 is 5.60. The van der Waals surface area contributed by atoms with Crippen LogP contribution in [0.4, 0.5) is 5.69 Å². The van der Waals surface area contributed by atoms with E-state index in [0.717, 1.165) is 37.0 Å². The van der Waals surface area contributed by atoms with Gasteiger partial charge in [0.25, 0.3) is 11.6 Å². The highest BCUT2D eigenvalue weighted by molar-refractivity contribution is 7.98. The van der Waals surface area contributed by atoms with Crippen molar-refractivity contribution in [3.05, 3.63) is 69.8 Å². The predicted molar refractivity (Wildman–Crippen MR) is 133 cm³/mol. The number of amides is 2. The number of carbonyl (C=O) groups is 2. The quantitative estimate of drug-likeness (QED) is 0.366. The zero-order chi connectivity index (χ0) is 24.6. The van der Waals surface area contributed by atoms with Gasteiger partial charge >= 0.3 is 0 Å². The van der Waals surface area contributed by atoms with E-state index < -0.39 is 16.9 Å². The van der Waals surface area contributed by atoms with Gasteiger partial charge in [-0.1, -0.05) is 37.1 Å². The molecule has 2 aromatic carbocycles. The molecular weight excluding hydrogens is 454 g/mol. The number of methoxy groups -OCH3 is 1. The van der Waals surface area contributed by atoms with Crippen molar-refractivity contribution in [2.24, 2.45) is 0 Å². The highest BCUT2D eigenvalue weighted by Gasteiger charge is 2.38. The van der Waals surface area contributed by atoms with E-state index in [1.54, 1.807) is 18.9 Å². The monoisotopic (exact) mass is 485 g/mol. The minimum absolute atomic E-state index is 0.150. The average Bonchev–Trinajstić information content (AvgIpc) is 3.35. The molecule has 182 valence electrons. The molecule has 1 fully saturated rings. The van der Waals surface area contributed by atoms with E-state index in [0.29, 0.717) is 18.7 Å². The molecule has 0 radical (unpaired) electrons. The number of carbonyl (C=O) groups excluding carboxylic acids is 2. The molecule has 1 atom stereocenters. The number of nitro groups is 1. The molecule has 1 aliphatic rings. The average molecular weight is 486 g/mol. The van der Waals surface area contributed by atoms with Crippen molar-refractivity contribution in [1.29, 1.82) is 0 Å². The van der Waals surface area contributed by atoms with Gasteiger partial charge in [0.15, 0.2) is 0 Å². The van der Waals surface area contributed by atoms with E-state index in [4.69, 9.17) is 4.74 Å². The zero-order valence-electron chi connectivity index (χ0n) is 19.5. The van der Waals surface area contributed by atoms with Crippen molar-refractivity contribution >= 4 is 29.3 Å². The zero-order valence-corrected chi connectivity index (χ0v) is 20.4. The smallest absolute Gasteiger partial charge is 0.270 e. The SMILES string of the molecule is COc1ccccc1C1(CNC(=O)C(CCSC)NC(=O)c2cccc([N+](=O)[O-])c2)CCCC1. The lowest BCUT2D eigenvalue weighted by Gasteiger charge is -2.32. The van der Waals surface area contributed by atoms with Gasteiger partial charge < -0.3 is 15.4 Å². The van der Waals surface area contributed by atoms with Crippen LogP contribution >= 0.6 is 11.8 Å². The summed E-state index contributed by atoms with van der Waals surface area (Å²) in [5.74, 6) is 0.737. The van der Waals surface area contributed by atoms with Crippen molar-refractivity contribution in [3.8, 4) is 5.75 Å². The number of thioether (sulfide) groups is 1. The molecule has 9 heteroatoms. The molecule has 0 aromatic heterocycles. The Hall–Kier alpha value is -3.07. The first-order chi connectivity index (χ1) is 16.4. The van der Waals surface area contributed by atoms with Crippen LogP contribution in [0.2, 0.25) is 0 Å². The summed E-state index contributed by atoms with van der Waals surface area (Å²) in [6.07, 6.45) is 6.44. The number of rotatable bonds is 11. The largest absolute Gasteiger partial charge is 0.496 e. The predicted octanol–water partition coefficient (Wildman–Crippen LogP) is 4.08. The molecule has 0 spiro atoms. The number of hydrogen-bond acceptors (Lipinski definition) is 6. The Bertz CT molecular complexity index is 1020. The first-order valence-corrected chi connectivity index (χ1v) is 12.7. The van der Waals surface area contributed by atoms with E-state index in [1.165, 1.54) is 24.3 Å². The molecule has 2 aromatic rings. The lowest BCUT2D eigenvalue weighted by atomic mass is 9.78. The van der Waals surface area contributed by atoms with E-state index in [2.05, 4.69) is 16.7 Å². The second-order valence-electron chi connectivity index (χ2n) is 8.52. The molecule has 0 aliphatic heterocycles. The fraction of sp³-hybridized carbons (Fsp3) is 0.440. The van der Waals surface area contributed by atoms with Crippen LogP contribution in [-0.4, -0.2) is 48.4 Å². The molecule has 1 saturated carbocycles. The second kappa shape index (κ2) is 11.9. The number of para-hydroxylation sites is 1. The third-order valence-electron chi connectivity index (χ3n) is 6.39. The van der Waals surface area contributed by atoms with Crippen LogP contribution in [0.25, 0.3) is 0 Å². The van der Waals surface area contributed by atoms with Gasteiger partial charge in [-0.25, -0.2) is 0 Å². The van der Waals surface area contributed by atoms with Gasteiger partial charge in [-0.3, -0.25) is 19.7 Å². The standard InChI is InChI=1S/C25H31N3O5S/c1-33-22-11-4-3-10-20(22)25(13-5-6-14-25)17-26-24(30)21(12-15-34-2)27-23(29)18-8-7-9-19(16-18)28(31)32/h3-4,7-11,16,21H,5-6,12-15,17H2,1-2H3,(H,26,30)(H,27,29). The summed E-state index contributed by atoms with van der Waals surface area (Å²) in [5.41, 5.74) is 0.864. The lowest BCUT2D eigenvalue weighted by Crippen LogP contribution is -2.50. The van der Waals surface area contributed by atoms with Crippen molar-refractivity contribution in [2.75, 3.05) is 25.7 Å². The van der Waals surface area contributed by atoms with Crippen molar-refractivity contribution in [1.82, 2.24) is 10.6 Å². The molecular formula is C25H31N3O5S. The van der Waals surface area contributed by atoms with E-state index >= 15 is 0 Å². The summed E-state index contributed by atoms with van der Waals surface area (Å²) in [4.78, 5) is 36.5. The summed E-state index contributed by atoms with van der Waals surface area (Å²) in [6.45, 7) is 0.453. The molecule has 1 aliphatic carbocycles. The fourth-order valence-corrected chi connectivity index (χ4v) is 5.03. The maximum atomic E-state index is 13.2. The molecule has 8 nitrogen and oxygen atoms in total. The number of benzene rings is 2. The molecule has 0 heterocycles. The summed E-state index contributed by atoms with van der Waals surface area (Å²) in [5, 5.41) is 16.9. The summed E-state index contributed by atoms with van der Waals surface area (Å²) in [6, 6.07) is 12.7. The van der Waals surface area contributed by atoms with Crippen molar-refractivity contribution in [3.63, 3.8) is 0 Å². The molecule has 0 saturated heterocycles. The van der Waals surface area contributed by atoms with Crippen molar-refractivity contribution in [2.45, 2.75) is 43.6 Å². The Morgan fingerprint density at radius 1 is 1.18 bits per heavy atom. The number of hydrogen-bond donors (Lipinski definition) is 2. The van der Waals surface area contributed by atoms with Crippen LogP contribution in [-0.2, 0) is 10.2 Å². The molecule has 2 N–H and O–H groups in total. The first kappa shape index (κ1) is 25.6. The Kier molecular flexibility index (Phi) is 8.92. The topological polar surface area (TPSA) is 111 Å². The number of nitrogens with one attached hydrogen (secondary N) is 2. The molecule has 34 heavy (non-hydrogen) atoms. The van der Waals surface area contributed by atoms with Gasteiger partial charge in [0.2, 0.25) is 5.91 Å². The molecule has 0 bridgehead atoms. The Morgan fingerprint density at radius 2 is 1.91 bits per heavy atom. The van der Waals surface area contributed by atoms with Crippen LogP contribution in [0.1, 0.15) is 48.0 Å². The van der Waals surface area contributed by atoms with E-state index in [1.807, 2.05) is 24.5 Å². The van der Waals surface area contributed by atoms with Crippen molar-refractivity contribution < 1.29 is 19.2 Å². The van der Waals surface area contributed by atoms with Crippen LogP contribution in [0, 0.1) is 10.1 Å². The molecule has 2 amide bonds. The summed E-state index contributed by atoms with van der Waals surface area (Å²) >= 11 is 1.58. The normalized spacial score (nSPS) is 15.4. The van der Waals surface area contributed by atoms with Gasteiger partial charge in [0, 0.05) is 35.2 Å². The number of nitro benzene ring substituents is 1. The lowest BCUT2D eigenvalue weighted by molar-refractivity contribution is -0.384. The summed E-state index contributed by atoms with van der Waals surface area (Å²) in [7, 11) is 1.65. The highest BCUT2D eigenvalue weighted by Crippen LogP contribution is 2.44. The Labute approximate surface area is 204 Å². The van der Waals surface area contributed by atoms with Gasteiger partial charge in [0.1, 0.15) is 11.8 Å². The maximum Gasteiger partial charge on any atom is 0.270 e. The van der Waals surface area contributed by atoms with Gasteiger partial charge in [0.05, 0.1) is 12.0 Å². The third-order valence-corrected chi connectivity index (χ3v) is 7.04. The van der Waals surface area contributed by atoms with Gasteiger partial charge in [-0.2, -0.15) is 11.8 Å². The second-order valence-corrected chi connectivity index (χ2v) is 9.51. The van der Waals surface area contributed by atoms with E-state index in [9.17, 15) is 19.7 Å². The van der Waals surface area contributed by atoms with Gasteiger partial charge in [-0.05, 0) is 43.4 Å². The number of ether oxygens (including phenoxy) is 1. The number of nitrogens with zero attached hydrogens (tertiary/aromatic N) is 1. The Morgan fingerprint density at radius 3 is 2.59 bits per heavy atom. The maximum absolute atomic E-state index is 13.2.